The predicted octanol–water partition coefficient (Wildman–Crippen LogP) is 7.99. The molecule has 1 unspecified atom stereocenters. The summed E-state index contributed by atoms with van der Waals surface area (Å²) in [5, 5.41) is 0.329. The SMILES string of the molecule is CC#CCC(C)[C@@H](C=C[C@@H]1[C@H]2CC(=O)C[C@H]2C[C@H]1O[Si](C)(C)C(C)(C)C)O[Si](C)(C)C(C)(C)C. The Morgan fingerprint density at radius 2 is 1.62 bits per heavy atom. The molecule has 2 aliphatic carbocycles. The molecule has 0 aromatic carbocycles. The Balaban J connectivity index is 2.34. The van der Waals surface area contributed by atoms with Crippen molar-refractivity contribution >= 4 is 22.4 Å². The van der Waals surface area contributed by atoms with Crippen LogP contribution in [0.5, 0.6) is 0 Å². The zero-order valence-corrected chi connectivity index (χ0v) is 26.2. The summed E-state index contributed by atoms with van der Waals surface area (Å²) in [5.74, 6) is 8.25. The van der Waals surface area contributed by atoms with E-state index >= 15 is 0 Å². The minimum Gasteiger partial charge on any atom is -0.413 e. The molecule has 194 valence electrons. The van der Waals surface area contributed by atoms with E-state index in [2.05, 4.69) is 98.6 Å². The van der Waals surface area contributed by atoms with E-state index in [1.54, 1.807) is 0 Å². The first-order chi connectivity index (χ1) is 15.4. The first-order valence-electron chi connectivity index (χ1n) is 13.3. The van der Waals surface area contributed by atoms with Crippen LogP contribution in [0.15, 0.2) is 12.2 Å². The summed E-state index contributed by atoms with van der Waals surface area (Å²) in [4.78, 5) is 12.3. The van der Waals surface area contributed by atoms with E-state index in [4.69, 9.17) is 8.85 Å². The third-order valence-electron chi connectivity index (χ3n) is 9.19. The van der Waals surface area contributed by atoms with Gasteiger partial charge in [0.2, 0.25) is 0 Å². The Kier molecular flexibility index (Phi) is 9.34. The second-order valence-corrected chi connectivity index (χ2v) is 23.4. The fraction of sp³-hybridized carbons (Fsp3) is 0.828. The molecule has 5 heteroatoms. The molecular weight excluding hydrogens is 452 g/mol. The predicted molar refractivity (Wildman–Crippen MR) is 150 cm³/mol. The van der Waals surface area contributed by atoms with Gasteiger partial charge in [-0.15, -0.1) is 11.8 Å². The van der Waals surface area contributed by atoms with E-state index in [0.29, 0.717) is 35.9 Å². The van der Waals surface area contributed by atoms with E-state index in [1.165, 1.54) is 0 Å². The third kappa shape index (κ3) is 6.96. The molecule has 0 N–H and O–H groups in total. The van der Waals surface area contributed by atoms with Crippen LogP contribution in [0.25, 0.3) is 0 Å². The van der Waals surface area contributed by atoms with Crippen molar-refractivity contribution in [3.05, 3.63) is 12.2 Å². The summed E-state index contributed by atoms with van der Waals surface area (Å²) in [7, 11) is -3.84. The molecule has 2 fully saturated rings. The number of Topliss-reactive ketones (excluding diaryl/α,β-unsaturated/α-hetero) is 1. The molecular formula is C29H52O3Si2. The molecule has 0 radical (unpaired) electrons. The summed E-state index contributed by atoms with van der Waals surface area (Å²) in [6.45, 7) is 27.3. The van der Waals surface area contributed by atoms with Crippen LogP contribution in [0.2, 0.25) is 36.3 Å². The number of fused-ring (bicyclic) bond motifs is 1. The molecule has 6 atom stereocenters. The smallest absolute Gasteiger partial charge is 0.192 e. The molecule has 2 rings (SSSR count). The minimum atomic E-state index is -1.94. The van der Waals surface area contributed by atoms with Crippen molar-refractivity contribution in [2.24, 2.45) is 23.7 Å². The van der Waals surface area contributed by atoms with Gasteiger partial charge in [0, 0.05) is 25.2 Å². The summed E-state index contributed by atoms with van der Waals surface area (Å²) in [6.07, 6.45) is 8.24. The number of hydrogen-bond donors (Lipinski definition) is 0. The highest BCUT2D eigenvalue weighted by Gasteiger charge is 2.50. The van der Waals surface area contributed by atoms with Gasteiger partial charge in [0.1, 0.15) is 5.78 Å². The van der Waals surface area contributed by atoms with E-state index in [9.17, 15) is 4.79 Å². The Morgan fingerprint density at radius 3 is 2.15 bits per heavy atom. The molecule has 0 aromatic rings. The van der Waals surface area contributed by atoms with Crippen LogP contribution in [-0.2, 0) is 13.6 Å². The number of hydrogen-bond acceptors (Lipinski definition) is 3. The number of carbonyl (C=O) groups excluding carboxylic acids is 1. The van der Waals surface area contributed by atoms with E-state index in [1.807, 2.05) is 6.92 Å². The minimum absolute atomic E-state index is 0.0337. The zero-order chi connectivity index (χ0) is 26.1. The lowest BCUT2D eigenvalue weighted by atomic mass is 9.89. The molecule has 2 saturated carbocycles. The van der Waals surface area contributed by atoms with Crippen LogP contribution < -0.4 is 0 Å². The first-order valence-corrected chi connectivity index (χ1v) is 19.2. The van der Waals surface area contributed by atoms with Crippen molar-refractivity contribution in [1.29, 1.82) is 0 Å². The van der Waals surface area contributed by atoms with Crippen LogP contribution in [0.1, 0.15) is 81.1 Å². The van der Waals surface area contributed by atoms with Crippen molar-refractivity contribution in [3.8, 4) is 11.8 Å². The van der Waals surface area contributed by atoms with Crippen molar-refractivity contribution < 1.29 is 13.6 Å². The molecule has 0 aromatic heterocycles. The van der Waals surface area contributed by atoms with Crippen molar-refractivity contribution in [3.63, 3.8) is 0 Å². The van der Waals surface area contributed by atoms with Crippen molar-refractivity contribution in [2.75, 3.05) is 0 Å². The molecule has 0 heterocycles. The van der Waals surface area contributed by atoms with Gasteiger partial charge in [-0.05, 0) is 67.4 Å². The molecule has 0 amide bonds. The summed E-state index contributed by atoms with van der Waals surface area (Å²) in [6, 6.07) is 0. The molecule has 34 heavy (non-hydrogen) atoms. The van der Waals surface area contributed by atoms with Crippen LogP contribution >= 0.6 is 0 Å². The highest BCUT2D eigenvalue weighted by atomic mass is 28.4. The standard InChI is InChI=1S/C29H52O3Si2/c1-13-14-15-21(2)26(31-33(9,10)28(3,4)5)17-16-24-25-20-23(30)18-22(25)19-27(24)32-34(11,12)29(6,7)8/h16-17,21-22,24-27H,15,18-20H2,1-12H3/t21?,22-,24+,25-,26+,27+/m0/s1. The summed E-state index contributed by atoms with van der Waals surface area (Å²) >= 11 is 0. The monoisotopic (exact) mass is 504 g/mol. The maximum atomic E-state index is 12.3. The van der Waals surface area contributed by atoms with Crippen LogP contribution in [0, 0.1) is 35.5 Å². The average molecular weight is 505 g/mol. The van der Waals surface area contributed by atoms with E-state index in [-0.39, 0.29) is 22.3 Å². The van der Waals surface area contributed by atoms with Crippen LogP contribution in [-0.4, -0.2) is 34.6 Å². The molecule has 0 aliphatic heterocycles. The lowest BCUT2D eigenvalue weighted by Crippen LogP contribution is -2.45. The lowest BCUT2D eigenvalue weighted by molar-refractivity contribution is -0.118. The normalized spacial score (nSPS) is 28.1. The summed E-state index contributed by atoms with van der Waals surface area (Å²) in [5.41, 5.74) is 0. The Bertz CT molecular complexity index is 804. The van der Waals surface area contributed by atoms with Gasteiger partial charge in [-0.2, -0.15) is 0 Å². The lowest BCUT2D eigenvalue weighted by Gasteiger charge is -2.41. The van der Waals surface area contributed by atoms with Gasteiger partial charge in [0.15, 0.2) is 16.6 Å². The molecule has 0 spiro atoms. The van der Waals surface area contributed by atoms with Gasteiger partial charge >= 0.3 is 0 Å². The number of rotatable bonds is 8. The molecule has 2 aliphatic rings. The average Bonchev–Trinajstić information content (AvgIpc) is 3.16. The summed E-state index contributed by atoms with van der Waals surface area (Å²) < 4.78 is 13.9. The van der Waals surface area contributed by atoms with Crippen molar-refractivity contribution in [1.82, 2.24) is 0 Å². The maximum Gasteiger partial charge on any atom is 0.192 e. The van der Waals surface area contributed by atoms with Crippen molar-refractivity contribution in [2.45, 2.75) is 130 Å². The number of ketones is 1. The van der Waals surface area contributed by atoms with Gasteiger partial charge in [-0.25, -0.2) is 0 Å². The quantitative estimate of drug-likeness (QED) is 0.191. The van der Waals surface area contributed by atoms with Gasteiger partial charge in [-0.1, -0.05) is 60.6 Å². The Morgan fingerprint density at radius 1 is 1.03 bits per heavy atom. The van der Waals surface area contributed by atoms with Gasteiger partial charge < -0.3 is 8.85 Å². The first kappa shape index (κ1) is 29.6. The third-order valence-corrected chi connectivity index (χ3v) is 18.2. The van der Waals surface area contributed by atoms with E-state index in [0.717, 1.165) is 19.3 Å². The second-order valence-electron chi connectivity index (χ2n) is 13.9. The zero-order valence-electron chi connectivity index (χ0n) is 24.2. The van der Waals surface area contributed by atoms with Gasteiger partial charge in [0.05, 0.1) is 12.2 Å². The van der Waals surface area contributed by atoms with E-state index < -0.39 is 16.6 Å². The second kappa shape index (κ2) is 10.7. The van der Waals surface area contributed by atoms with Gasteiger partial charge in [-0.3, -0.25) is 4.79 Å². The maximum absolute atomic E-state index is 12.3. The molecule has 3 nitrogen and oxygen atoms in total. The molecule has 0 bridgehead atoms. The Labute approximate surface area is 213 Å². The number of carbonyl (C=O) groups is 1. The fourth-order valence-corrected chi connectivity index (χ4v) is 7.53. The van der Waals surface area contributed by atoms with Crippen LogP contribution in [0.3, 0.4) is 0 Å². The molecule has 0 saturated heterocycles. The van der Waals surface area contributed by atoms with Gasteiger partial charge in [0.25, 0.3) is 0 Å². The highest BCUT2D eigenvalue weighted by Crippen LogP contribution is 2.50. The van der Waals surface area contributed by atoms with Crippen LogP contribution in [0.4, 0.5) is 0 Å². The largest absolute Gasteiger partial charge is 0.413 e. The highest BCUT2D eigenvalue weighted by molar-refractivity contribution is 6.74. The Hall–Kier alpha value is -0.676. The fourth-order valence-electron chi connectivity index (χ4n) is 4.82. The topological polar surface area (TPSA) is 35.5 Å².